The summed E-state index contributed by atoms with van der Waals surface area (Å²) in [6.07, 6.45) is 0. The van der Waals surface area contributed by atoms with Crippen molar-refractivity contribution in [3.05, 3.63) is 30.0 Å². The first-order valence-electron chi connectivity index (χ1n) is 7.93. The maximum absolute atomic E-state index is 12.7. The van der Waals surface area contributed by atoms with Crippen molar-refractivity contribution in [2.45, 2.75) is 13.0 Å². The molecule has 0 aliphatic carbocycles. The van der Waals surface area contributed by atoms with Crippen molar-refractivity contribution in [2.75, 3.05) is 38.7 Å². The predicted molar refractivity (Wildman–Crippen MR) is 90.1 cm³/mol. The minimum absolute atomic E-state index is 0.160. The largest absolute Gasteiger partial charge is 0.464 e. The number of hydrogen-bond acceptors (Lipinski definition) is 5. The number of carbonyl (C=O) groups is 2. The van der Waals surface area contributed by atoms with Gasteiger partial charge in [0, 0.05) is 24.0 Å². The number of amides is 1. The normalized spacial score (nSPS) is 16.8. The molecule has 7 heteroatoms. The third-order valence-electron chi connectivity index (χ3n) is 4.32. The molecule has 2 N–H and O–H groups in total. The van der Waals surface area contributed by atoms with Crippen LogP contribution in [0.15, 0.2) is 24.3 Å². The molecule has 1 aromatic heterocycles. The Hall–Kier alpha value is -2.38. The first-order valence-corrected chi connectivity index (χ1v) is 7.93. The second-order valence-corrected chi connectivity index (χ2v) is 5.73. The van der Waals surface area contributed by atoms with Crippen molar-refractivity contribution in [3.63, 3.8) is 0 Å². The van der Waals surface area contributed by atoms with Crippen LogP contribution in [-0.2, 0) is 14.3 Å². The molecule has 1 amide bonds. The highest BCUT2D eigenvalue weighted by Crippen LogP contribution is 2.28. The van der Waals surface area contributed by atoms with Crippen LogP contribution in [0, 0.1) is 0 Å². The Morgan fingerprint density at radius 1 is 1.29 bits per heavy atom. The quantitative estimate of drug-likeness (QED) is 0.832. The Balaban J connectivity index is 1.87. The van der Waals surface area contributed by atoms with Crippen molar-refractivity contribution in [1.82, 2.24) is 9.88 Å². The molecule has 0 radical (unpaired) electrons. The third kappa shape index (κ3) is 3.13. The third-order valence-corrected chi connectivity index (χ3v) is 4.32. The summed E-state index contributed by atoms with van der Waals surface area (Å²) in [5.41, 5.74) is 1.48. The van der Waals surface area contributed by atoms with Crippen LogP contribution in [0.2, 0.25) is 0 Å². The summed E-state index contributed by atoms with van der Waals surface area (Å²) in [5, 5.41) is 3.67. The second-order valence-electron chi connectivity index (χ2n) is 5.73. The molecule has 2 aromatic rings. The van der Waals surface area contributed by atoms with E-state index in [1.54, 1.807) is 0 Å². The maximum Gasteiger partial charge on any atom is 0.356 e. The van der Waals surface area contributed by atoms with Crippen LogP contribution < -0.4 is 5.32 Å². The SMILES string of the molecule is COC(=O)c1[nH]c2ccccc2c1NC(=O)[C@@H](C)N1CCOCC1. The van der Waals surface area contributed by atoms with Crippen LogP contribution >= 0.6 is 0 Å². The zero-order valence-electron chi connectivity index (χ0n) is 13.8. The first kappa shape index (κ1) is 16.5. The summed E-state index contributed by atoms with van der Waals surface area (Å²) in [6.45, 7) is 4.53. The lowest BCUT2D eigenvalue weighted by atomic mass is 10.2. The molecule has 1 atom stereocenters. The molecule has 24 heavy (non-hydrogen) atoms. The van der Waals surface area contributed by atoms with Crippen molar-refractivity contribution in [2.24, 2.45) is 0 Å². The Morgan fingerprint density at radius 2 is 2.00 bits per heavy atom. The van der Waals surface area contributed by atoms with Gasteiger partial charge >= 0.3 is 5.97 Å². The molecule has 0 spiro atoms. The minimum Gasteiger partial charge on any atom is -0.464 e. The number of para-hydroxylation sites is 1. The van der Waals surface area contributed by atoms with Gasteiger partial charge in [-0.25, -0.2) is 4.79 Å². The van der Waals surface area contributed by atoms with Gasteiger partial charge in [0.25, 0.3) is 0 Å². The van der Waals surface area contributed by atoms with Gasteiger partial charge < -0.3 is 19.8 Å². The summed E-state index contributed by atoms with van der Waals surface area (Å²) in [5.74, 6) is -0.674. The van der Waals surface area contributed by atoms with Crippen LogP contribution in [0.3, 0.4) is 0 Å². The number of fused-ring (bicyclic) bond motifs is 1. The number of nitrogens with zero attached hydrogens (tertiary/aromatic N) is 1. The van der Waals surface area contributed by atoms with E-state index in [1.807, 2.05) is 31.2 Å². The van der Waals surface area contributed by atoms with Gasteiger partial charge in [0.15, 0.2) is 0 Å². The zero-order valence-corrected chi connectivity index (χ0v) is 13.8. The van der Waals surface area contributed by atoms with Crippen LogP contribution in [0.5, 0.6) is 0 Å². The molecule has 0 saturated carbocycles. The average Bonchev–Trinajstić information content (AvgIpc) is 2.99. The number of anilines is 1. The standard InChI is InChI=1S/C17H21N3O4/c1-11(20-7-9-24-10-8-20)16(21)19-14-12-5-3-4-6-13(12)18-15(14)17(22)23-2/h3-6,11,18H,7-10H2,1-2H3,(H,19,21)/t11-/m1/s1. The molecule has 7 nitrogen and oxygen atoms in total. The van der Waals surface area contributed by atoms with Crippen LogP contribution in [0.25, 0.3) is 10.9 Å². The van der Waals surface area contributed by atoms with E-state index in [-0.39, 0.29) is 17.6 Å². The molecule has 2 heterocycles. The van der Waals surface area contributed by atoms with E-state index in [4.69, 9.17) is 9.47 Å². The Kier molecular flexibility index (Phi) is 4.82. The fourth-order valence-corrected chi connectivity index (χ4v) is 2.89. The van der Waals surface area contributed by atoms with Crippen molar-refractivity contribution in [3.8, 4) is 0 Å². The Morgan fingerprint density at radius 3 is 2.71 bits per heavy atom. The van der Waals surface area contributed by atoms with Gasteiger partial charge in [-0.2, -0.15) is 0 Å². The topological polar surface area (TPSA) is 83.7 Å². The molecular weight excluding hydrogens is 310 g/mol. The predicted octanol–water partition coefficient (Wildman–Crippen LogP) is 1.61. The van der Waals surface area contributed by atoms with Gasteiger partial charge in [-0.1, -0.05) is 18.2 Å². The number of morpholine rings is 1. The van der Waals surface area contributed by atoms with Crippen molar-refractivity contribution >= 4 is 28.5 Å². The van der Waals surface area contributed by atoms with Crippen LogP contribution in [0.1, 0.15) is 17.4 Å². The number of ether oxygens (including phenoxy) is 2. The van der Waals surface area contributed by atoms with E-state index in [1.165, 1.54) is 7.11 Å². The van der Waals surface area contributed by atoms with E-state index in [2.05, 4.69) is 15.2 Å². The molecule has 1 fully saturated rings. The van der Waals surface area contributed by atoms with Crippen molar-refractivity contribution < 1.29 is 19.1 Å². The average molecular weight is 331 g/mol. The maximum atomic E-state index is 12.7. The molecule has 128 valence electrons. The monoisotopic (exact) mass is 331 g/mol. The van der Waals surface area contributed by atoms with E-state index in [0.29, 0.717) is 32.0 Å². The Labute approximate surface area is 139 Å². The Bertz CT molecular complexity index is 749. The number of H-pyrrole nitrogens is 1. The lowest BCUT2D eigenvalue weighted by Gasteiger charge is -2.31. The van der Waals surface area contributed by atoms with Gasteiger partial charge in [0.2, 0.25) is 5.91 Å². The van der Waals surface area contributed by atoms with Gasteiger partial charge in [0.05, 0.1) is 32.1 Å². The molecule has 0 bridgehead atoms. The number of rotatable bonds is 4. The van der Waals surface area contributed by atoms with Gasteiger partial charge in [0.1, 0.15) is 5.69 Å². The highest BCUT2D eigenvalue weighted by Gasteiger charge is 2.26. The molecule has 1 aromatic carbocycles. The van der Waals surface area contributed by atoms with E-state index >= 15 is 0 Å². The highest BCUT2D eigenvalue weighted by molar-refractivity contribution is 6.11. The molecule has 3 rings (SSSR count). The molecule has 0 unspecified atom stereocenters. The number of nitrogens with one attached hydrogen (secondary N) is 2. The van der Waals surface area contributed by atoms with E-state index < -0.39 is 5.97 Å². The number of carbonyl (C=O) groups excluding carboxylic acids is 2. The summed E-state index contributed by atoms with van der Waals surface area (Å²) in [6, 6.07) is 7.11. The molecule has 1 aliphatic heterocycles. The number of benzene rings is 1. The van der Waals surface area contributed by atoms with Gasteiger partial charge in [-0.05, 0) is 13.0 Å². The molecular formula is C17H21N3O4. The summed E-state index contributed by atoms with van der Waals surface area (Å²) in [4.78, 5) is 29.8. The number of aromatic nitrogens is 1. The fourth-order valence-electron chi connectivity index (χ4n) is 2.89. The van der Waals surface area contributed by atoms with Crippen LogP contribution in [0.4, 0.5) is 5.69 Å². The second kappa shape index (κ2) is 7.02. The van der Waals surface area contributed by atoms with Crippen molar-refractivity contribution in [1.29, 1.82) is 0 Å². The zero-order chi connectivity index (χ0) is 17.1. The van der Waals surface area contributed by atoms with Gasteiger partial charge in [-0.3, -0.25) is 9.69 Å². The highest BCUT2D eigenvalue weighted by atomic mass is 16.5. The first-order chi connectivity index (χ1) is 11.6. The lowest BCUT2D eigenvalue weighted by molar-refractivity contribution is -0.122. The summed E-state index contributed by atoms with van der Waals surface area (Å²) >= 11 is 0. The number of esters is 1. The molecule has 1 saturated heterocycles. The number of methoxy groups -OCH3 is 1. The lowest BCUT2D eigenvalue weighted by Crippen LogP contribution is -2.47. The number of hydrogen-bond donors (Lipinski definition) is 2. The fraction of sp³-hybridized carbons (Fsp3) is 0.412. The summed E-state index contributed by atoms with van der Waals surface area (Å²) in [7, 11) is 1.32. The van der Waals surface area contributed by atoms with E-state index in [9.17, 15) is 9.59 Å². The van der Waals surface area contributed by atoms with E-state index in [0.717, 1.165) is 10.9 Å². The number of aromatic amines is 1. The smallest absolute Gasteiger partial charge is 0.356 e. The minimum atomic E-state index is -0.513. The summed E-state index contributed by atoms with van der Waals surface area (Å²) < 4.78 is 10.1. The van der Waals surface area contributed by atoms with Crippen LogP contribution in [-0.4, -0.2) is 61.2 Å². The van der Waals surface area contributed by atoms with Gasteiger partial charge in [-0.15, -0.1) is 0 Å². The molecule has 1 aliphatic rings.